The number of nitrogens with zero attached hydrogens (tertiary/aromatic N) is 2. The summed E-state index contributed by atoms with van der Waals surface area (Å²) in [7, 11) is 0. The Morgan fingerprint density at radius 2 is 2.05 bits per heavy atom. The molecule has 0 N–H and O–H groups in total. The predicted molar refractivity (Wildman–Crippen MR) is 83.0 cm³/mol. The van der Waals surface area contributed by atoms with E-state index in [1.165, 1.54) is 12.8 Å². The summed E-state index contributed by atoms with van der Waals surface area (Å²) in [6.45, 7) is 5.45. The van der Waals surface area contributed by atoms with E-state index in [1.807, 2.05) is 18.2 Å². The van der Waals surface area contributed by atoms with Crippen molar-refractivity contribution < 1.29 is 0 Å². The van der Waals surface area contributed by atoms with Gasteiger partial charge in [-0.3, -0.25) is 0 Å². The van der Waals surface area contributed by atoms with Crippen molar-refractivity contribution in [1.82, 2.24) is 9.55 Å². The number of imidazole rings is 1. The van der Waals surface area contributed by atoms with Crippen LogP contribution in [0.5, 0.6) is 0 Å². The second kappa shape index (κ2) is 6.62. The Kier molecular flexibility index (Phi) is 5.12. The highest BCUT2D eigenvalue weighted by atomic mass is 35.5. The molecular formula is C15H20Cl2N2. The predicted octanol–water partition coefficient (Wildman–Crippen LogP) is 5.25. The van der Waals surface area contributed by atoms with Crippen LogP contribution in [0, 0.1) is 5.92 Å². The maximum atomic E-state index is 6.29. The maximum Gasteiger partial charge on any atom is 0.124 e. The fourth-order valence-electron chi connectivity index (χ4n) is 2.36. The number of rotatable bonds is 6. The lowest BCUT2D eigenvalue weighted by Gasteiger charge is -2.09. The molecule has 1 heterocycles. The van der Waals surface area contributed by atoms with Gasteiger partial charge in [0.25, 0.3) is 0 Å². The number of aromatic nitrogens is 2. The number of unbranched alkanes of at least 4 members (excludes halogenated alkanes) is 1. The first-order chi connectivity index (χ1) is 9.13. The normalized spacial score (nSPS) is 11.6. The van der Waals surface area contributed by atoms with E-state index in [0.29, 0.717) is 5.88 Å². The first kappa shape index (κ1) is 14.7. The van der Waals surface area contributed by atoms with Crippen LogP contribution < -0.4 is 0 Å². The fourth-order valence-corrected chi connectivity index (χ4v) is 2.83. The first-order valence-corrected chi connectivity index (χ1v) is 7.74. The molecule has 0 bridgehead atoms. The van der Waals surface area contributed by atoms with Crippen LogP contribution in [-0.4, -0.2) is 9.55 Å². The summed E-state index contributed by atoms with van der Waals surface area (Å²) in [5.41, 5.74) is 1.95. The molecule has 104 valence electrons. The zero-order chi connectivity index (χ0) is 13.8. The van der Waals surface area contributed by atoms with Gasteiger partial charge in [0.15, 0.2) is 0 Å². The molecule has 0 spiro atoms. The quantitative estimate of drug-likeness (QED) is 0.526. The van der Waals surface area contributed by atoms with Gasteiger partial charge in [0.1, 0.15) is 5.82 Å². The van der Waals surface area contributed by atoms with Gasteiger partial charge in [-0.1, -0.05) is 44.4 Å². The Labute approximate surface area is 124 Å². The molecule has 2 rings (SSSR count). The number of fused-ring (bicyclic) bond motifs is 1. The summed E-state index contributed by atoms with van der Waals surface area (Å²) in [5, 5.41) is 0.755. The van der Waals surface area contributed by atoms with E-state index in [-0.39, 0.29) is 0 Å². The summed E-state index contributed by atoms with van der Waals surface area (Å²) in [6.07, 6.45) is 3.62. The van der Waals surface area contributed by atoms with Gasteiger partial charge in [-0.05, 0) is 24.5 Å². The van der Waals surface area contributed by atoms with Crippen LogP contribution in [0.2, 0.25) is 5.02 Å². The molecule has 0 aliphatic heterocycles. The lowest BCUT2D eigenvalue weighted by Crippen LogP contribution is -2.03. The van der Waals surface area contributed by atoms with Gasteiger partial charge in [-0.25, -0.2) is 4.98 Å². The van der Waals surface area contributed by atoms with Crippen molar-refractivity contribution in [2.24, 2.45) is 5.92 Å². The van der Waals surface area contributed by atoms with Gasteiger partial charge in [-0.2, -0.15) is 0 Å². The second-order valence-electron chi connectivity index (χ2n) is 5.31. The van der Waals surface area contributed by atoms with Crippen molar-refractivity contribution in [1.29, 1.82) is 0 Å². The first-order valence-electron chi connectivity index (χ1n) is 6.83. The van der Waals surface area contributed by atoms with Gasteiger partial charge in [-0.15, -0.1) is 11.6 Å². The summed E-state index contributed by atoms with van der Waals surface area (Å²) in [6, 6.07) is 5.83. The van der Waals surface area contributed by atoms with Crippen molar-refractivity contribution >= 4 is 34.2 Å². The molecule has 19 heavy (non-hydrogen) atoms. The number of hydrogen-bond donors (Lipinski definition) is 0. The van der Waals surface area contributed by atoms with E-state index < -0.39 is 0 Å². The lowest BCUT2D eigenvalue weighted by atomic mass is 10.1. The van der Waals surface area contributed by atoms with Gasteiger partial charge in [0, 0.05) is 6.54 Å². The third kappa shape index (κ3) is 3.43. The van der Waals surface area contributed by atoms with E-state index >= 15 is 0 Å². The molecule has 0 amide bonds. The Hall–Kier alpha value is -0.730. The molecule has 0 saturated heterocycles. The van der Waals surface area contributed by atoms with E-state index in [4.69, 9.17) is 23.2 Å². The molecule has 0 saturated carbocycles. The summed E-state index contributed by atoms with van der Waals surface area (Å²) in [4.78, 5) is 4.55. The maximum absolute atomic E-state index is 6.29. The molecule has 0 radical (unpaired) electrons. The average Bonchev–Trinajstić information content (AvgIpc) is 2.74. The summed E-state index contributed by atoms with van der Waals surface area (Å²) >= 11 is 12.3. The standard InChI is InChI=1S/C15H20Cl2N2/c1-11(2)6-3-4-9-19-14(10-16)18-13-8-5-7-12(17)15(13)19/h5,7-8,11H,3-4,6,9-10H2,1-2H3. The molecule has 4 heteroatoms. The lowest BCUT2D eigenvalue weighted by molar-refractivity contribution is 0.509. The molecule has 2 aromatic rings. The van der Waals surface area contributed by atoms with Crippen LogP contribution in [-0.2, 0) is 12.4 Å². The third-order valence-corrected chi connectivity index (χ3v) is 3.87. The molecular weight excluding hydrogens is 279 g/mol. The molecule has 0 aliphatic carbocycles. The molecule has 1 aromatic heterocycles. The Bertz CT molecular complexity index is 546. The van der Waals surface area contributed by atoms with E-state index in [2.05, 4.69) is 23.4 Å². The van der Waals surface area contributed by atoms with Crippen LogP contribution in [0.15, 0.2) is 18.2 Å². The minimum atomic E-state index is 0.426. The summed E-state index contributed by atoms with van der Waals surface area (Å²) in [5.74, 6) is 2.10. The number of hydrogen-bond acceptors (Lipinski definition) is 1. The number of alkyl halides is 1. The molecule has 0 aliphatic rings. The average molecular weight is 299 g/mol. The summed E-state index contributed by atoms with van der Waals surface area (Å²) < 4.78 is 2.17. The Balaban J connectivity index is 2.20. The fraction of sp³-hybridized carbons (Fsp3) is 0.533. The van der Waals surface area contributed by atoms with E-state index in [0.717, 1.165) is 40.8 Å². The zero-order valence-electron chi connectivity index (χ0n) is 11.5. The topological polar surface area (TPSA) is 17.8 Å². The van der Waals surface area contributed by atoms with Gasteiger partial charge < -0.3 is 4.57 Å². The van der Waals surface area contributed by atoms with Crippen molar-refractivity contribution in [2.75, 3.05) is 0 Å². The van der Waals surface area contributed by atoms with Gasteiger partial charge in [0.05, 0.1) is 21.9 Å². The van der Waals surface area contributed by atoms with Crippen molar-refractivity contribution in [2.45, 2.75) is 45.5 Å². The minimum Gasteiger partial charge on any atom is -0.326 e. The van der Waals surface area contributed by atoms with Gasteiger partial charge >= 0.3 is 0 Å². The Morgan fingerprint density at radius 1 is 1.26 bits per heavy atom. The van der Waals surface area contributed by atoms with Crippen LogP contribution in [0.4, 0.5) is 0 Å². The zero-order valence-corrected chi connectivity index (χ0v) is 13.0. The Morgan fingerprint density at radius 3 is 2.74 bits per heavy atom. The number of halogens is 2. The van der Waals surface area contributed by atoms with Gasteiger partial charge in [0.2, 0.25) is 0 Å². The van der Waals surface area contributed by atoms with Crippen molar-refractivity contribution in [3.8, 4) is 0 Å². The van der Waals surface area contributed by atoms with Crippen LogP contribution in [0.3, 0.4) is 0 Å². The SMILES string of the molecule is CC(C)CCCCn1c(CCl)nc2cccc(Cl)c21. The molecule has 0 fully saturated rings. The van der Waals surface area contributed by atoms with Crippen LogP contribution in [0.25, 0.3) is 11.0 Å². The smallest absolute Gasteiger partial charge is 0.124 e. The minimum absolute atomic E-state index is 0.426. The third-order valence-electron chi connectivity index (χ3n) is 3.33. The highest BCUT2D eigenvalue weighted by molar-refractivity contribution is 6.35. The monoisotopic (exact) mass is 298 g/mol. The van der Waals surface area contributed by atoms with Crippen LogP contribution in [0.1, 0.15) is 38.9 Å². The van der Waals surface area contributed by atoms with Crippen LogP contribution >= 0.6 is 23.2 Å². The highest BCUT2D eigenvalue weighted by Crippen LogP contribution is 2.26. The molecule has 1 aromatic carbocycles. The second-order valence-corrected chi connectivity index (χ2v) is 5.98. The van der Waals surface area contributed by atoms with Crippen molar-refractivity contribution in [3.63, 3.8) is 0 Å². The highest BCUT2D eigenvalue weighted by Gasteiger charge is 2.12. The molecule has 0 atom stereocenters. The van der Waals surface area contributed by atoms with Crippen molar-refractivity contribution in [3.05, 3.63) is 29.0 Å². The van der Waals surface area contributed by atoms with E-state index in [9.17, 15) is 0 Å². The number of para-hydroxylation sites is 1. The number of benzene rings is 1. The number of aryl methyl sites for hydroxylation is 1. The molecule has 2 nitrogen and oxygen atoms in total. The largest absolute Gasteiger partial charge is 0.326 e. The van der Waals surface area contributed by atoms with E-state index in [1.54, 1.807) is 0 Å². The molecule has 0 unspecified atom stereocenters.